The summed E-state index contributed by atoms with van der Waals surface area (Å²) in [6.45, 7) is 8.91. The maximum Gasteiger partial charge on any atom is 0.238 e. The van der Waals surface area contributed by atoms with Crippen molar-refractivity contribution in [3.05, 3.63) is 28.8 Å². The molecule has 1 fully saturated rings. The van der Waals surface area contributed by atoms with E-state index < -0.39 is 0 Å². The smallest absolute Gasteiger partial charge is 0.238 e. The van der Waals surface area contributed by atoms with E-state index in [1.807, 2.05) is 37.8 Å². The van der Waals surface area contributed by atoms with Crippen LogP contribution in [0.4, 0.5) is 5.69 Å². The molecule has 1 saturated heterocycles. The Morgan fingerprint density at radius 3 is 2.43 bits per heavy atom. The van der Waals surface area contributed by atoms with Crippen molar-refractivity contribution in [1.29, 1.82) is 0 Å². The van der Waals surface area contributed by atoms with Crippen LogP contribution in [-0.4, -0.2) is 54.3 Å². The van der Waals surface area contributed by atoms with E-state index in [0.717, 1.165) is 24.3 Å². The zero-order valence-corrected chi connectivity index (χ0v) is 14.7. The van der Waals surface area contributed by atoms with Gasteiger partial charge in [0.2, 0.25) is 11.8 Å². The Kier molecular flexibility index (Phi) is 6.02. The summed E-state index contributed by atoms with van der Waals surface area (Å²) in [5.41, 5.74) is 1.73. The quantitative estimate of drug-likeness (QED) is 0.917. The first kappa shape index (κ1) is 17.8. The summed E-state index contributed by atoms with van der Waals surface area (Å²) in [5, 5.41) is 3.58. The molecular formula is C17H24ClN3O2. The van der Waals surface area contributed by atoms with Gasteiger partial charge in [0.1, 0.15) is 0 Å². The Labute approximate surface area is 142 Å². The highest BCUT2D eigenvalue weighted by Crippen LogP contribution is 2.19. The van der Waals surface area contributed by atoms with Gasteiger partial charge in [-0.3, -0.25) is 14.5 Å². The van der Waals surface area contributed by atoms with Crippen molar-refractivity contribution in [2.75, 3.05) is 38.0 Å². The van der Waals surface area contributed by atoms with Gasteiger partial charge in [-0.25, -0.2) is 0 Å². The van der Waals surface area contributed by atoms with Crippen molar-refractivity contribution < 1.29 is 9.59 Å². The highest BCUT2D eigenvalue weighted by Gasteiger charge is 2.23. The molecule has 1 N–H and O–H groups in total. The Morgan fingerprint density at radius 1 is 1.22 bits per heavy atom. The summed E-state index contributed by atoms with van der Waals surface area (Å²) < 4.78 is 0. The molecule has 0 spiro atoms. The second-order valence-corrected chi connectivity index (χ2v) is 6.70. The zero-order valence-electron chi connectivity index (χ0n) is 13.9. The van der Waals surface area contributed by atoms with E-state index in [0.29, 0.717) is 24.7 Å². The van der Waals surface area contributed by atoms with Crippen LogP contribution in [0.5, 0.6) is 0 Å². The first-order valence-electron chi connectivity index (χ1n) is 7.94. The van der Waals surface area contributed by atoms with Crippen molar-refractivity contribution in [2.24, 2.45) is 5.92 Å². The predicted molar refractivity (Wildman–Crippen MR) is 92.7 cm³/mol. The number of rotatable bonds is 4. The highest BCUT2D eigenvalue weighted by atomic mass is 35.5. The number of nitrogens with zero attached hydrogens (tertiary/aromatic N) is 2. The molecule has 0 bridgehead atoms. The van der Waals surface area contributed by atoms with Crippen LogP contribution in [0.1, 0.15) is 19.4 Å². The second-order valence-electron chi connectivity index (χ2n) is 6.26. The lowest BCUT2D eigenvalue weighted by Crippen LogP contribution is -2.51. The largest absolute Gasteiger partial charge is 0.340 e. The molecule has 126 valence electrons. The van der Waals surface area contributed by atoms with Gasteiger partial charge in [-0.15, -0.1) is 0 Å². The van der Waals surface area contributed by atoms with Gasteiger partial charge in [0.05, 0.1) is 6.54 Å². The Bertz CT molecular complexity index is 581. The molecule has 1 aliphatic rings. The number of piperazine rings is 1. The van der Waals surface area contributed by atoms with Crippen LogP contribution < -0.4 is 5.32 Å². The zero-order chi connectivity index (χ0) is 17.0. The highest BCUT2D eigenvalue weighted by molar-refractivity contribution is 6.30. The van der Waals surface area contributed by atoms with E-state index in [2.05, 4.69) is 10.2 Å². The molecule has 23 heavy (non-hydrogen) atoms. The Balaban J connectivity index is 1.82. The van der Waals surface area contributed by atoms with Crippen molar-refractivity contribution in [3.63, 3.8) is 0 Å². The standard InChI is InChI=1S/C17H24ClN3O2/c1-12(2)17(23)21-8-6-20(7-9-21)11-16(22)19-15-5-4-14(18)10-13(15)3/h4-5,10,12H,6-9,11H2,1-3H3,(H,19,22). The van der Waals surface area contributed by atoms with Crippen LogP contribution in [0.15, 0.2) is 18.2 Å². The molecule has 1 aliphatic heterocycles. The van der Waals surface area contributed by atoms with E-state index in [1.165, 1.54) is 0 Å². The van der Waals surface area contributed by atoms with Crippen molar-refractivity contribution in [1.82, 2.24) is 9.80 Å². The van der Waals surface area contributed by atoms with E-state index in [1.54, 1.807) is 6.07 Å². The number of hydrogen-bond acceptors (Lipinski definition) is 3. The number of amides is 2. The van der Waals surface area contributed by atoms with Crippen LogP contribution in [0.3, 0.4) is 0 Å². The van der Waals surface area contributed by atoms with Crippen LogP contribution in [0.2, 0.25) is 5.02 Å². The third kappa shape index (κ3) is 4.94. The molecule has 2 rings (SSSR count). The molecule has 0 atom stereocenters. The number of hydrogen-bond donors (Lipinski definition) is 1. The van der Waals surface area contributed by atoms with Gasteiger partial charge in [-0.2, -0.15) is 0 Å². The minimum Gasteiger partial charge on any atom is -0.340 e. The van der Waals surface area contributed by atoms with Crippen molar-refractivity contribution in [2.45, 2.75) is 20.8 Å². The van der Waals surface area contributed by atoms with Gasteiger partial charge < -0.3 is 10.2 Å². The van der Waals surface area contributed by atoms with Gasteiger partial charge in [0.15, 0.2) is 0 Å². The third-order valence-electron chi connectivity index (χ3n) is 4.01. The third-order valence-corrected chi connectivity index (χ3v) is 4.24. The fraction of sp³-hybridized carbons (Fsp3) is 0.529. The van der Waals surface area contributed by atoms with E-state index in [9.17, 15) is 9.59 Å². The number of benzene rings is 1. The lowest BCUT2D eigenvalue weighted by Gasteiger charge is -2.35. The summed E-state index contributed by atoms with van der Waals surface area (Å²) in [5.74, 6) is 0.169. The van der Waals surface area contributed by atoms with Gasteiger partial charge in [0.25, 0.3) is 0 Å². The average molecular weight is 338 g/mol. The van der Waals surface area contributed by atoms with Crippen molar-refractivity contribution >= 4 is 29.1 Å². The van der Waals surface area contributed by atoms with E-state index >= 15 is 0 Å². The maximum absolute atomic E-state index is 12.2. The number of halogens is 1. The maximum atomic E-state index is 12.2. The Morgan fingerprint density at radius 2 is 1.87 bits per heavy atom. The molecule has 0 saturated carbocycles. The van der Waals surface area contributed by atoms with Gasteiger partial charge >= 0.3 is 0 Å². The second kappa shape index (κ2) is 7.79. The van der Waals surface area contributed by atoms with Gasteiger partial charge in [-0.05, 0) is 30.7 Å². The Hall–Kier alpha value is -1.59. The number of aryl methyl sites for hydroxylation is 1. The SMILES string of the molecule is Cc1cc(Cl)ccc1NC(=O)CN1CCN(C(=O)C(C)C)CC1. The minimum atomic E-state index is -0.0425. The molecule has 0 aliphatic carbocycles. The molecule has 1 heterocycles. The summed E-state index contributed by atoms with van der Waals surface area (Å²) in [4.78, 5) is 28.1. The summed E-state index contributed by atoms with van der Waals surface area (Å²) >= 11 is 5.92. The average Bonchev–Trinajstić information content (AvgIpc) is 2.50. The topological polar surface area (TPSA) is 52.7 Å². The van der Waals surface area contributed by atoms with Crippen LogP contribution in [0, 0.1) is 12.8 Å². The summed E-state index contributed by atoms with van der Waals surface area (Å²) in [7, 11) is 0. The molecular weight excluding hydrogens is 314 g/mol. The monoisotopic (exact) mass is 337 g/mol. The molecule has 0 unspecified atom stereocenters. The fourth-order valence-corrected chi connectivity index (χ4v) is 2.88. The van der Waals surface area contributed by atoms with Crippen LogP contribution in [-0.2, 0) is 9.59 Å². The number of anilines is 1. The number of carbonyl (C=O) groups excluding carboxylic acids is 2. The predicted octanol–water partition coefficient (Wildman–Crippen LogP) is 2.39. The van der Waals surface area contributed by atoms with Crippen LogP contribution >= 0.6 is 11.6 Å². The minimum absolute atomic E-state index is 0.0257. The summed E-state index contributed by atoms with van der Waals surface area (Å²) in [6, 6.07) is 5.41. The molecule has 5 nitrogen and oxygen atoms in total. The normalized spacial score (nSPS) is 15.8. The lowest BCUT2D eigenvalue weighted by atomic mass is 10.1. The number of nitrogens with one attached hydrogen (secondary N) is 1. The lowest BCUT2D eigenvalue weighted by molar-refractivity contribution is -0.136. The first-order chi connectivity index (χ1) is 10.9. The van der Waals surface area contributed by atoms with E-state index in [4.69, 9.17) is 11.6 Å². The van der Waals surface area contributed by atoms with Crippen LogP contribution in [0.25, 0.3) is 0 Å². The molecule has 2 amide bonds. The molecule has 0 radical (unpaired) electrons. The molecule has 1 aromatic carbocycles. The first-order valence-corrected chi connectivity index (χ1v) is 8.31. The molecule has 0 aromatic heterocycles. The summed E-state index contributed by atoms with van der Waals surface area (Å²) in [6.07, 6.45) is 0. The van der Waals surface area contributed by atoms with Gasteiger partial charge in [0, 0.05) is 42.8 Å². The van der Waals surface area contributed by atoms with Gasteiger partial charge in [-0.1, -0.05) is 25.4 Å². The number of carbonyl (C=O) groups is 2. The van der Waals surface area contributed by atoms with Crippen molar-refractivity contribution in [3.8, 4) is 0 Å². The molecule has 1 aromatic rings. The molecule has 6 heteroatoms. The fourth-order valence-electron chi connectivity index (χ4n) is 2.65. The van der Waals surface area contributed by atoms with E-state index in [-0.39, 0.29) is 17.7 Å².